The van der Waals surface area contributed by atoms with Gasteiger partial charge in [0, 0.05) is 10.9 Å². The minimum atomic E-state index is 0.454. The van der Waals surface area contributed by atoms with Gasteiger partial charge in [0.2, 0.25) is 0 Å². The van der Waals surface area contributed by atoms with Crippen LogP contribution in [0, 0.1) is 0 Å². The molecule has 0 aromatic heterocycles. The van der Waals surface area contributed by atoms with Gasteiger partial charge < -0.3 is 10.5 Å². The first kappa shape index (κ1) is 13.3. The van der Waals surface area contributed by atoms with Gasteiger partial charge in [0.15, 0.2) is 0 Å². The molecule has 0 fully saturated rings. The van der Waals surface area contributed by atoms with Crippen LogP contribution < -0.4 is 10.5 Å². The summed E-state index contributed by atoms with van der Waals surface area (Å²) in [6.45, 7) is 0.669. The van der Waals surface area contributed by atoms with Crippen LogP contribution >= 0.6 is 11.6 Å². The molecule has 0 bridgehead atoms. The summed E-state index contributed by atoms with van der Waals surface area (Å²) >= 11 is 5.90. The first-order chi connectivity index (χ1) is 9.74. The number of hydrogen-bond acceptors (Lipinski definition) is 2. The van der Waals surface area contributed by atoms with E-state index in [1.54, 1.807) is 6.07 Å². The lowest BCUT2D eigenvalue weighted by molar-refractivity contribution is 0.276. The van der Waals surface area contributed by atoms with Gasteiger partial charge in [-0.25, -0.2) is 0 Å². The molecule has 0 amide bonds. The summed E-state index contributed by atoms with van der Waals surface area (Å²) < 4.78 is 5.90. The molecule has 1 aliphatic carbocycles. The van der Waals surface area contributed by atoms with Gasteiger partial charge in [-0.3, -0.25) is 0 Å². The minimum Gasteiger partial charge on any atom is -0.491 e. The minimum absolute atomic E-state index is 0.454. The first-order valence-corrected chi connectivity index (χ1v) is 7.37. The monoisotopic (exact) mass is 287 g/mol. The number of halogens is 1. The Hall–Kier alpha value is -1.67. The molecule has 20 heavy (non-hydrogen) atoms. The molecular weight excluding hydrogens is 270 g/mol. The number of fused-ring (bicyclic) bond motifs is 1. The van der Waals surface area contributed by atoms with Crippen molar-refractivity contribution in [2.45, 2.75) is 25.2 Å². The summed E-state index contributed by atoms with van der Waals surface area (Å²) in [5, 5.41) is 0.637. The molecule has 2 nitrogen and oxygen atoms in total. The average molecular weight is 288 g/mol. The van der Waals surface area contributed by atoms with Crippen LogP contribution in [0.25, 0.3) is 0 Å². The lowest BCUT2D eigenvalue weighted by Gasteiger charge is -2.25. The highest BCUT2D eigenvalue weighted by molar-refractivity contribution is 6.30. The van der Waals surface area contributed by atoms with Crippen LogP contribution in [-0.4, -0.2) is 6.61 Å². The fraction of sp³-hybridized carbons (Fsp3) is 0.294. The highest BCUT2D eigenvalue weighted by Crippen LogP contribution is 2.33. The Morgan fingerprint density at radius 1 is 1.20 bits per heavy atom. The van der Waals surface area contributed by atoms with E-state index in [1.165, 1.54) is 30.4 Å². The Balaban J connectivity index is 1.73. The van der Waals surface area contributed by atoms with Gasteiger partial charge in [0.05, 0.1) is 12.3 Å². The Morgan fingerprint density at radius 2 is 2.05 bits per heavy atom. The van der Waals surface area contributed by atoms with E-state index >= 15 is 0 Å². The van der Waals surface area contributed by atoms with Crippen molar-refractivity contribution in [1.29, 1.82) is 0 Å². The van der Waals surface area contributed by atoms with Crippen molar-refractivity contribution in [1.82, 2.24) is 0 Å². The molecule has 0 spiro atoms. The molecule has 2 N–H and O–H groups in total. The van der Waals surface area contributed by atoms with Gasteiger partial charge in [-0.15, -0.1) is 0 Å². The van der Waals surface area contributed by atoms with E-state index in [1.807, 2.05) is 12.1 Å². The second kappa shape index (κ2) is 5.76. The number of benzene rings is 2. The van der Waals surface area contributed by atoms with Gasteiger partial charge in [-0.1, -0.05) is 35.9 Å². The summed E-state index contributed by atoms with van der Waals surface area (Å²) in [4.78, 5) is 0. The fourth-order valence-electron chi connectivity index (χ4n) is 2.87. The van der Waals surface area contributed by atoms with Crippen molar-refractivity contribution in [2.24, 2.45) is 0 Å². The van der Waals surface area contributed by atoms with Crippen LogP contribution in [0.4, 0.5) is 5.69 Å². The molecule has 3 heteroatoms. The molecule has 104 valence electrons. The lowest BCUT2D eigenvalue weighted by atomic mass is 9.83. The SMILES string of the molecule is Nc1cc(Cl)ccc1OCC1CCCc2ccccc21. The summed E-state index contributed by atoms with van der Waals surface area (Å²) in [6.07, 6.45) is 3.57. The molecule has 0 heterocycles. The maximum atomic E-state index is 5.92. The molecule has 0 radical (unpaired) electrons. The van der Waals surface area contributed by atoms with Gasteiger partial charge in [0.1, 0.15) is 5.75 Å². The molecule has 0 aliphatic heterocycles. The second-order valence-corrected chi connectivity index (χ2v) is 5.72. The summed E-state index contributed by atoms with van der Waals surface area (Å²) in [5.41, 5.74) is 9.40. The summed E-state index contributed by atoms with van der Waals surface area (Å²) in [7, 11) is 0. The lowest BCUT2D eigenvalue weighted by Crippen LogP contribution is -2.16. The van der Waals surface area contributed by atoms with E-state index in [2.05, 4.69) is 24.3 Å². The number of anilines is 1. The molecule has 0 saturated heterocycles. The molecule has 2 aromatic carbocycles. The largest absolute Gasteiger partial charge is 0.491 e. The molecule has 1 unspecified atom stereocenters. The Morgan fingerprint density at radius 3 is 2.90 bits per heavy atom. The highest BCUT2D eigenvalue weighted by Gasteiger charge is 2.20. The Bertz CT molecular complexity index is 612. The maximum Gasteiger partial charge on any atom is 0.142 e. The summed E-state index contributed by atoms with van der Waals surface area (Å²) in [6, 6.07) is 14.0. The van der Waals surface area contributed by atoms with Crippen LogP contribution in [0.3, 0.4) is 0 Å². The van der Waals surface area contributed by atoms with Crippen molar-refractivity contribution in [3.8, 4) is 5.75 Å². The smallest absolute Gasteiger partial charge is 0.142 e. The topological polar surface area (TPSA) is 35.2 Å². The molecule has 1 atom stereocenters. The quantitative estimate of drug-likeness (QED) is 0.848. The van der Waals surface area contributed by atoms with Crippen LogP contribution in [0.2, 0.25) is 5.02 Å². The number of nitrogens with two attached hydrogens (primary N) is 1. The zero-order valence-corrected chi connectivity index (χ0v) is 12.1. The zero-order valence-electron chi connectivity index (χ0n) is 11.3. The third-order valence-corrected chi connectivity index (χ3v) is 4.14. The van der Waals surface area contributed by atoms with E-state index in [0.717, 1.165) is 5.75 Å². The standard InChI is InChI=1S/C17H18ClNO/c18-14-8-9-17(16(19)10-14)20-11-13-6-3-5-12-4-1-2-7-15(12)13/h1-2,4,7-10,13H,3,5-6,11,19H2. The van der Waals surface area contributed by atoms with Crippen LogP contribution in [0.15, 0.2) is 42.5 Å². The van der Waals surface area contributed by atoms with Gasteiger partial charge in [-0.05, 0) is 48.6 Å². The van der Waals surface area contributed by atoms with E-state index in [4.69, 9.17) is 22.1 Å². The Labute approximate surface area is 124 Å². The third kappa shape index (κ3) is 2.75. The maximum absolute atomic E-state index is 5.92. The molecule has 2 aromatic rings. The zero-order chi connectivity index (χ0) is 13.9. The third-order valence-electron chi connectivity index (χ3n) is 3.91. The fourth-order valence-corrected chi connectivity index (χ4v) is 3.05. The van der Waals surface area contributed by atoms with Crippen molar-refractivity contribution < 1.29 is 4.74 Å². The molecular formula is C17H18ClNO. The van der Waals surface area contributed by atoms with Gasteiger partial charge >= 0.3 is 0 Å². The van der Waals surface area contributed by atoms with E-state index in [-0.39, 0.29) is 0 Å². The molecule has 0 saturated carbocycles. The first-order valence-electron chi connectivity index (χ1n) is 6.99. The van der Waals surface area contributed by atoms with Crippen molar-refractivity contribution in [2.75, 3.05) is 12.3 Å². The van der Waals surface area contributed by atoms with E-state index in [9.17, 15) is 0 Å². The number of nitrogen functional groups attached to an aromatic ring is 1. The van der Waals surface area contributed by atoms with Crippen molar-refractivity contribution >= 4 is 17.3 Å². The molecule has 1 aliphatic rings. The predicted octanol–water partition coefficient (Wildman–Crippen LogP) is 4.42. The second-order valence-electron chi connectivity index (χ2n) is 5.28. The molecule has 3 rings (SSSR count). The highest BCUT2D eigenvalue weighted by atomic mass is 35.5. The number of hydrogen-bond donors (Lipinski definition) is 1. The van der Waals surface area contributed by atoms with E-state index < -0.39 is 0 Å². The van der Waals surface area contributed by atoms with Gasteiger partial charge in [0.25, 0.3) is 0 Å². The van der Waals surface area contributed by atoms with E-state index in [0.29, 0.717) is 23.2 Å². The van der Waals surface area contributed by atoms with Crippen LogP contribution in [0.1, 0.15) is 29.9 Å². The average Bonchev–Trinajstić information content (AvgIpc) is 2.46. The number of rotatable bonds is 3. The van der Waals surface area contributed by atoms with Crippen molar-refractivity contribution in [3.63, 3.8) is 0 Å². The number of ether oxygens (including phenoxy) is 1. The normalized spacial score (nSPS) is 17.6. The predicted molar refractivity (Wildman–Crippen MR) is 83.5 cm³/mol. The van der Waals surface area contributed by atoms with Crippen LogP contribution in [-0.2, 0) is 6.42 Å². The number of aryl methyl sites for hydroxylation is 1. The van der Waals surface area contributed by atoms with Gasteiger partial charge in [-0.2, -0.15) is 0 Å². The Kier molecular flexibility index (Phi) is 3.83. The van der Waals surface area contributed by atoms with Crippen molar-refractivity contribution in [3.05, 3.63) is 58.6 Å². The van der Waals surface area contributed by atoms with Crippen LogP contribution in [0.5, 0.6) is 5.75 Å². The summed E-state index contributed by atoms with van der Waals surface area (Å²) in [5.74, 6) is 1.17.